The van der Waals surface area contributed by atoms with Gasteiger partial charge in [0.1, 0.15) is 5.82 Å². The summed E-state index contributed by atoms with van der Waals surface area (Å²) < 4.78 is 18.3. The maximum Gasteiger partial charge on any atom is 0.241 e. The van der Waals surface area contributed by atoms with Gasteiger partial charge in [-0.25, -0.2) is 4.39 Å². The largest absolute Gasteiger partial charge is 0.338 e. The van der Waals surface area contributed by atoms with Crippen molar-refractivity contribution in [3.63, 3.8) is 0 Å². The summed E-state index contributed by atoms with van der Waals surface area (Å²) in [4.78, 5) is 7.32. The topological polar surface area (TPSA) is 42.2 Å². The van der Waals surface area contributed by atoms with E-state index in [1.165, 1.54) is 12.1 Å². The quantitative estimate of drug-likeness (QED) is 0.699. The molecule has 0 fully saturated rings. The number of rotatable bonds is 5. The molecule has 1 aromatic carbocycles. The Morgan fingerprint density at radius 2 is 2.18 bits per heavy atom. The minimum atomic E-state index is -0.339. The number of benzene rings is 1. The van der Waals surface area contributed by atoms with Crippen molar-refractivity contribution >= 4 is 22.9 Å². The Morgan fingerprint density at radius 3 is 2.91 bits per heavy atom. The Bertz CT molecular complexity index is 760. The average molecular weight is 338 g/mol. The summed E-state index contributed by atoms with van der Waals surface area (Å²) in [5.74, 6) is 0.788. The van der Waals surface area contributed by atoms with Gasteiger partial charge in [0.2, 0.25) is 11.7 Å². The fourth-order valence-corrected chi connectivity index (χ4v) is 2.93. The Kier molecular flexibility index (Phi) is 4.52. The summed E-state index contributed by atoms with van der Waals surface area (Å²) in [7, 11) is 1.91. The van der Waals surface area contributed by atoms with Gasteiger partial charge in [-0.2, -0.15) is 4.98 Å². The molecule has 7 heteroatoms. The second-order valence-corrected chi connectivity index (χ2v) is 6.25. The lowest BCUT2D eigenvalue weighted by Gasteiger charge is -2.15. The number of hydrogen-bond acceptors (Lipinski definition) is 5. The van der Waals surface area contributed by atoms with Crippen LogP contribution in [0.25, 0.3) is 10.7 Å². The zero-order chi connectivity index (χ0) is 15.5. The molecule has 3 rings (SSSR count). The van der Waals surface area contributed by atoms with Crippen molar-refractivity contribution in [3.05, 3.63) is 58.0 Å². The highest BCUT2D eigenvalue weighted by molar-refractivity contribution is 7.13. The lowest BCUT2D eigenvalue weighted by Crippen LogP contribution is -2.17. The summed E-state index contributed by atoms with van der Waals surface area (Å²) in [6, 6.07) is 8.28. The molecule has 0 radical (unpaired) electrons. The molecule has 114 valence electrons. The highest BCUT2D eigenvalue weighted by atomic mass is 35.5. The first-order valence-electron chi connectivity index (χ1n) is 6.61. The van der Waals surface area contributed by atoms with Crippen LogP contribution in [-0.2, 0) is 13.1 Å². The monoisotopic (exact) mass is 337 g/mol. The Hall–Kier alpha value is -1.76. The summed E-state index contributed by atoms with van der Waals surface area (Å²) in [5.41, 5.74) is 0.851. The van der Waals surface area contributed by atoms with Gasteiger partial charge in [-0.1, -0.05) is 28.9 Å². The van der Waals surface area contributed by atoms with Gasteiger partial charge in [-0.05, 0) is 36.2 Å². The minimum absolute atomic E-state index is 0.339. The fraction of sp³-hybridized carbons (Fsp3) is 0.200. The standard InChI is InChI=1S/C15H13ClFN3OS/c1-20(8-10-4-5-11(17)7-12(10)16)9-14-18-15(19-21-14)13-3-2-6-22-13/h2-7H,8-9H2,1H3. The molecule has 0 spiro atoms. The Labute approximate surface area is 136 Å². The third-order valence-corrected chi connectivity index (χ3v) is 4.29. The van der Waals surface area contributed by atoms with Crippen molar-refractivity contribution in [1.82, 2.24) is 15.0 Å². The van der Waals surface area contributed by atoms with Crippen LogP contribution in [0.5, 0.6) is 0 Å². The molecule has 4 nitrogen and oxygen atoms in total. The van der Waals surface area contributed by atoms with Crippen molar-refractivity contribution < 1.29 is 8.91 Å². The van der Waals surface area contributed by atoms with E-state index in [9.17, 15) is 4.39 Å². The molecule has 2 heterocycles. The van der Waals surface area contributed by atoms with Crippen LogP contribution in [0.4, 0.5) is 4.39 Å². The van der Waals surface area contributed by atoms with Gasteiger partial charge in [0.05, 0.1) is 11.4 Å². The first-order valence-corrected chi connectivity index (χ1v) is 7.86. The normalized spacial score (nSPS) is 11.3. The molecule has 0 aliphatic carbocycles. The maximum absolute atomic E-state index is 13.0. The third-order valence-electron chi connectivity index (χ3n) is 3.07. The van der Waals surface area contributed by atoms with Gasteiger partial charge >= 0.3 is 0 Å². The predicted molar refractivity (Wildman–Crippen MR) is 84.2 cm³/mol. The lowest BCUT2D eigenvalue weighted by atomic mass is 10.2. The van der Waals surface area contributed by atoms with E-state index in [-0.39, 0.29) is 5.82 Å². The Morgan fingerprint density at radius 1 is 1.32 bits per heavy atom. The number of thiophene rings is 1. The summed E-state index contributed by atoms with van der Waals surface area (Å²) in [6.45, 7) is 1.06. The van der Waals surface area contributed by atoms with Crippen LogP contribution in [0.2, 0.25) is 5.02 Å². The molecule has 0 bridgehead atoms. The van der Waals surface area contributed by atoms with Crippen LogP contribution in [-0.4, -0.2) is 22.1 Å². The summed E-state index contributed by atoms with van der Waals surface area (Å²) in [6.07, 6.45) is 0. The predicted octanol–water partition coefficient (Wildman–Crippen LogP) is 4.22. The second-order valence-electron chi connectivity index (χ2n) is 4.90. The van der Waals surface area contributed by atoms with Crippen LogP contribution in [0.3, 0.4) is 0 Å². The van der Waals surface area contributed by atoms with Gasteiger partial charge in [0, 0.05) is 11.6 Å². The van der Waals surface area contributed by atoms with E-state index in [1.807, 2.05) is 29.5 Å². The molecule has 22 heavy (non-hydrogen) atoms. The molecule has 0 amide bonds. The smallest absolute Gasteiger partial charge is 0.241 e. The summed E-state index contributed by atoms with van der Waals surface area (Å²) >= 11 is 7.59. The molecular weight excluding hydrogens is 325 g/mol. The molecular formula is C15H13ClFN3OS. The molecule has 0 unspecified atom stereocenters. The van der Waals surface area contributed by atoms with Gasteiger partial charge in [0.25, 0.3) is 0 Å². The van der Waals surface area contributed by atoms with E-state index < -0.39 is 0 Å². The van der Waals surface area contributed by atoms with E-state index in [0.717, 1.165) is 10.4 Å². The van der Waals surface area contributed by atoms with Crippen molar-refractivity contribution in [2.75, 3.05) is 7.05 Å². The molecule has 0 saturated carbocycles. The highest BCUT2D eigenvalue weighted by Crippen LogP contribution is 2.22. The average Bonchev–Trinajstić information content (AvgIpc) is 3.12. The molecule has 0 saturated heterocycles. The van der Waals surface area contributed by atoms with E-state index in [2.05, 4.69) is 10.1 Å². The minimum Gasteiger partial charge on any atom is -0.338 e. The van der Waals surface area contributed by atoms with Crippen LogP contribution in [0.1, 0.15) is 11.5 Å². The summed E-state index contributed by atoms with van der Waals surface area (Å²) in [5, 5.41) is 6.35. The zero-order valence-electron chi connectivity index (χ0n) is 11.8. The van der Waals surface area contributed by atoms with Crippen molar-refractivity contribution in [3.8, 4) is 10.7 Å². The number of nitrogens with zero attached hydrogens (tertiary/aromatic N) is 3. The highest BCUT2D eigenvalue weighted by Gasteiger charge is 2.12. The zero-order valence-corrected chi connectivity index (χ0v) is 13.4. The van der Waals surface area contributed by atoms with Crippen LogP contribution < -0.4 is 0 Å². The Balaban J connectivity index is 1.65. The molecule has 0 atom stereocenters. The van der Waals surface area contributed by atoms with E-state index in [4.69, 9.17) is 16.1 Å². The second kappa shape index (κ2) is 6.56. The van der Waals surface area contributed by atoms with Gasteiger partial charge in [-0.3, -0.25) is 4.90 Å². The van der Waals surface area contributed by atoms with Crippen molar-refractivity contribution in [2.24, 2.45) is 0 Å². The van der Waals surface area contributed by atoms with Gasteiger partial charge < -0.3 is 4.52 Å². The van der Waals surface area contributed by atoms with Gasteiger partial charge in [0.15, 0.2) is 0 Å². The maximum atomic E-state index is 13.0. The first kappa shape index (κ1) is 15.1. The third kappa shape index (κ3) is 3.52. The van der Waals surface area contributed by atoms with Crippen molar-refractivity contribution in [2.45, 2.75) is 13.1 Å². The molecule has 0 N–H and O–H groups in total. The molecule has 2 aromatic heterocycles. The molecule has 3 aromatic rings. The van der Waals surface area contributed by atoms with E-state index in [1.54, 1.807) is 17.4 Å². The lowest BCUT2D eigenvalue weighted by molar-refractivity contribution is 0.261. The van der Waals surface area contributed by atoms with Crippen molar-refractivity contribution in [1.29, 1.82) is 0 Å². The number of hydrogen-bond donors (Lipinski definition) is 0. The SMILES string of the molecule is CN(Cc1nc(-c2cccs2)no1)Cc1ccc(F)cc1Cl. The fourth-order valence-electron chi connectivity index (χ4n) is 2.05. The molecule has 0 aliphatic heterocycles. The number of aromatic nitrogens is 2. The first-order chi connectivity index (χ1) is 10.6. The van der Waals surface area contributed by atoms with Gasteiger partial charge in [-0.15, -0.1) is 11.3 Å². The number of halogens is 2. The van der Waals surface area contributed by atoms with Crippen LogP contribution >= 0.6 is 22.9 Å². The van der Waals surface area contributed by atoms with Crippen LogP contribution in [0, 0.1) is 5.82 Å². The van der Waals surface area contributed by atoms with Crippen LogP contribution in [0.15, 0.2) is 40.2 Å². The molecule has 0 aliphatic rings. The van der Waals surface area contributed by atoms with E-state index in [0.29, 0.717) is 29.8 Å². The van der Waals surface area contributed by atoms with E-state index >= 15 is 0 Å².